The van der Waals surface area contributed by atoms with Gasteiger partial charge in [0.2, 0.25) is 10.0 Å². The summed E-state index contributed by atoms with van der Waals surface area (Å²) < 4.78 is 28.4. The highest BCUT2D eigenvalue weighted by Gasteiger charge is 2.28. The van der Waals surface area contributed by atoms with Gasteiger partial charge >= 0.3 is 0 Å². The third-order valence-electron chi connectivity index (χ3n) is 3.97. The summed E-state index contributed by atoms with van der Waals surface area (Å²) in [5, 5.41) is 9.09. The smallest absolute Gasteiger partial charge is 0.241 e. The fourth-order valence-corrected chi connectivity index (χ4v) is 5.57. The highest BCUT2D eigenvalue weighted by atomic mass is 79.9. The quantitative estimate of drug-likeness (QED) is 0.849. The Morgan fingerprint density at radius 3 is 2.38 bits per heavy atom. The van der Waals surface area contributed by atoms with Gasteiger partial charge in [0, 0.05) is 10.5 Å². The van der Waals surface area contributed by atoms with E-state index < -0.39 is 10.0 Å². The van der Waals surface area contributed by atoms with Gasteiger partial charge in [-0.25, -0.2) is 13.1 Å². The van der Waals surface area contributed by atoms with E-state index in [2.05, 4.69) is 34.5 Å². The van der Waals surface area contributed by atoms with E-state index >= 15 is 0 Å². The Balaban J connectivity index is 2.18. The number of halogens is 1. The van der Waals surface area contributed by atoms with E-state index in [0.717, 1.165) is 19.3 Å². The fraction of sp³-hybridized carbons (Fsp3) is 0.600. The fourth-order valence-electron chi connectivity index (χ4n) is 3.19. The topological polar surface area (TPSA) is 66.4 Å². The Morgan fingerprint density at radius 2 is 1.86 bits per heavy atom. The Bertz CT molecular complexity index is 593. The first-order valence-corrected chi connectivity index (χ1v) is 9.51. The molecule has 2 rings (SSSR count). The van der Waals surface area contributed by atoms with E-state index in [4.69, 9.17) is 5.11 Å². The van der Waals surface area contributed by atoms with Crippen LogP contribution < -0.4 is 4.72 Å². The third kappa shape index (κ3) is 4.28. The highest BCUT2D eigenvalue weighted by molar-refractivity contribution is 9.10. The number of rotatable bonds is 4. The molecule has 0 spiro atoms. The maximum absolute atomic E-state index is 12.5. The van der Waals surface area contributed by atoms with E-state index in [0.29, 0.717) is 21.9 Å². The van der Waals surface area contributed by atoms with E-state index in [-0.39, 0.29) is 17.5 Å². The second-order valence-corrected chi connectivity index (χ2v) is 8.70. The lowest BCUT2D eigenvalue weighted by molar-refractivity contribution is 0.257. The average molecular weight is 376 g/mol. The van der Waals surface area contributed by atoms with Crippen molar-refractivity contribution in [2.75, 3.05) is 0 Å². The zero-order valence-electron chi connectivity index (χ0n) is 12.3. The molecule has 0 heterocycles. The maximum Gasteiger partial charge on any atom is 0.241 e. The first-order valence-electron chi connectivity index (χ1n) is 7.23. The molecule has 4 nitrogen and oxygen atoms in total. The van der Waals surface area contributed by atoms with Crippen LogP contribution in [0.2, 0.25) is 0 Å². The van der Waals surface area contributed by atoms with Crippen molar-refractivity contribution in [1.82, 2.24) is 4.72 Å². The number of benzene rings is 1. The molecule has 0 radical (unpaired) electrons. The summed E-state index contributed by atoms with van der Waals surface area (Å²) in [5.41, 5.74) is 0.681. The van der Waals surface area contributed by atoms with Gasteiger partial charge in [0.05, 0.1) is 11.5 Å². The van der Waals surface area contributed by atoms with Gasteiger partial charge in [0.1, 0.15) is 0 Å². The van der Waals surface area contributed by atoms with Crippen LogP contribution in [0.15, 0.2) is 27.6 Å². The molecule has 0 amide bonds. The standard InChI is InChI=1S/C15H22BrNO3S/c1-10-5-11(2)7-13(6-10)17-21(19,20)15-4-3-12(9-18)8-14(15)16/h3-4,8,10-11,13,17-18H,5-7,9H2,1-2H3. The summed E-state index contributed by atoms with van der Waals surface area (Å²) >= 11 is 3.28. The lowest BCUT2D eigenvalue weighted by atomic mass is 9.81. The first-order chi connectivity index (χ1) is 9.81. The van der Waals surface area contributed by atoms with Gasteiger partial charge in [-0.05, 0) is 64.7 Å². The number of nitrogens with one attached hydrogen (secondary N) is 1. The zero-order chi connectivity index (χ0) is 15.6. The molecule has 1 fully saturated rings. The van der Waals surface area contributed by atoms with Crippen LogP contribution >= 0.6 is 15.9 Å². The van der Waals surface area contributed by atoms with Gasteiger partial charge < -0.3 is 5.11 Å². The molecule has 0 bridgehead atoms. The third-order valence-corrected chi connectivity index (χ3v) is 6.47. The normalized spacial score (nSPS) is 26.8. The minimum Gasteiger partial charge on any atom is -0.392 e. The van der Waals surface area contributed by atoms with Crippen molar-refractivity contribution in [1.29, 1.82) is 0 Å². The van der Waals surface area contributed by atoms with Crippen molar-refractivity contribution < 1.29 is 13.5 Å². The second-order valence-electron chi connectivity index (χ2n) is 6.16. The predicted molar refractivity (Wildman–Crippen MR) is 86.4 cm³/mol. The number of sulfonamides is 1. The lowest BCUT2D eigenvalue weighted by Gasteiger charge is -2.31. The minimum atomic E-state index is -3.54. The van der Waals surface area contributed by atoms with Crippen LogP contribution in [0.3, 0.4) is 0 Å². The van der Waals surface area contributed by atoms with Crippen molar-refractivity contribution in [3.8, 4) is 0 Å². The van der Waals surface area contributed by atoms with Crippen LogP contribution in [0.4, 0.5) is 0 Å². The lowest BCUT2D eigenvalue weighted by Crippen LogP contribution is -2.40. The number of aliphatic hydroxyl groups excluding tert-OH is 1. The minimum absolute atomic E-state index is 0.00170. The molecule has 0 saturated heterocycles. The van der Waals surface area contributed by atoms with Crippen molar-refractivity contribution in [3.63, 3.8) is 0 Å². The maximum atomic E-state index is 12.5. The predicted octanol–water partition coefficient (Wildman–Crippen LogP) is 3.04. The van der Waals surface area contributed by atoms with Crippen LogP contribution in [0.5, 0.6) is 0 Å². The highest BCUT2D eigenvalue weighted by Crippen LogP contribution is 2.30. The Kier molecular flexibility index (Phi) is 5.46. The van der Waals surface area contributed by atoms with Crippen LogP contribution in [0.25, 0.3) is 0 Å². The Hall–Kier alpha value is -0.430. The van der Waals surface area contributed by atoms with Gasteiger partial charge in [-0.15, -0.1) is 0 Å². The Labute approximate surface area is 135 Å². The molecule has 21 heavy (non-hydrogen) atoms. The van der Waals surface area contributed by atoms with E-state index in [1.807, 2.05) is 0 Å². The van der Waals surface area contributed by atoms with Gasteiger partial charge in [0.25, 0.3) is 0 Å². The molecule has 1 aliphatic rings. The Morgan fingerprint density at radius 1 is 1.24 bits per heavy atom. The summed E-state index contributed by atoms with van der Waals surface area (Å²) in [5.74, 6) is 1.09. The number of hydrogen-bond acceptors (Lipinski definition) is 3. The van der Waals surface area contributed by atoms with Crippen molar-refractivity contribution in [3.05, 3.63) is 28.2 Å². The first kappa shape index (κ1) is 16.9. The molecule has 1 aromatic carbocycles. The molecule has 1 aromatic rings. The van der Waals surface area contributed by atoms with Crippen LogP contribution in [0.1, 0.15) is 38.7 Å². The molecule has 118 valence electrons. The summed E-state index contributed by atoms with van der Waals surface area (Å²) in [7, 11) is -3.54. The zero-order valence-corrected chi connectivity index (χ0v) is 14.7. The monoisotopic (exact) mass is 375 g/mol. The van der Waals surface area contributed by atoms with E-state index in [1.165, 1.54) is 6.07 Å². The van der Waals surface area contributed by atoms with Crippen molar-refractivity contribution in [2.24, 2.45) is 11.8 Å². The molecule has 2 unspecified atom stereocenters. The van der Waals surface area contributed by atoms with Crippen molar-refractivity contribution >= 4 is 26.0 Å². The number of aliphatic hydroxyl groups is 1. The summed E-state index contributed by atoms with van der Waals surface area (Å²) in [6, 6.07) is 4.80. The molecule has 2 atom stereocenters. The van der Waals surface area contributed by atoms with Gasteiger partial charge in [-0.2, -0.15) is 0 Å². The molecular weight excluding hydrogens is 354 g/mol. The summed E-state index contributed by atoms with van der Waals surface area (Å²) in [4.78, 5) is 0.227. The molecular formula is C15H22BrNO3S. The molecule has 0 aliphatic heterocycles. The molecule has 1 saturated carbocycles. The second kappa shape index (κ2) is 6.77. The van der Waals surface area contributed by atoms with Crippen LogP contribution in [-0.2, 0) is 16.6 Å². The van der Waals surface area contributed by atoms with Gasteiger partial charge in [-0.3, -0.25) is 0 Å². The summed E-state index contributed by atoms with van der Waals surface area (Å²) in [6.07, 6.45) is 2.93. The molecule has 1 aliphatic carbocycles. The van der Waals surface area contributed by atoms with Gasteiger partial charge in [0.15, 0.2) is 0 Å². The van der Waals surface area contributed by atoms with Crippen LogP contribution in [0, 0.1) is 11.8 Å². The largest absolute Gasteiger partial charge is 0.392 e. The molecule has 6 heteroatoms. The average Bonchev–Trinajstić information content (AvgIpc) is 2.36. The van der Waals surface area contributed by atoms with Crippen molar-refractivity contribution in [2.45, 2.75) is 50.7 Å². The SMILES string of the molecule is CC1CC(C)CC(NS(=O)(=O)c2ccc(CO)cc2Br)C1. The number of hydrogen-bond donors (Lipinski definition) is 2. The van der Waals surface area contributed by atoms with Crippen LogP contribution in [-0.4, -0.2) is 19.6 Å². The summed E-state index contributed by atoms with van der Waals surface area (Å²) in [6.45, 7) is 4.23. The molecule has 2 N–H and O–H groups in total. The van der Waals surface area contributed by atoms with E-state index in [1.54, 1.807) is 12.1 Å². The van der Waals surface area contributed by atoms with E-state index in [9.17, 15) is 8.42 Å². The molecule has 0 aromatic heterocycles. The van der Waals surface area contributed by atoms with Gasteiger partial charge in [-0.1, -0.05) is 19.9 Å².